The summed E-state index contributed by atoms with van der Waals surface area (Å²) in [6, 6.07) is 9.33. The number of carbonyl (C=O) groups excluding carboxylic acids is 1. The van der Waals surface area contributed by atoms with Crippen molar-refractivity contribution < 1.29 is 32.5 Å². The number of nitrogens with zero attached hydrogens (tertiary/aromatic N) is 6. The summed E-state index contributed by atoms with van der Waals surface area (Å²) < 4.78 is 54.7. The van der Waals surface area contributed by atoms with Gasteiger partial charge >= 0.3 is 6.18 Å². The molecule has 0 saturated heterocycles. The molecule has 10 nitrogen and oxygen atoms in total. The highest BCUT2D eigenvalue weighted by atomic mass is 19.4. The van der Waals surface area contributed by atoms with E-state index in [1.165, 1.54) is 14.0 Å². The number of aliphatic hydroxyl groups excluding tert-OH is 1. The van der Waals surface area contributed by atoms with Crippen LogP contribution in [-0.2, 0) is 6.18 Å². The predicted octanol–water partition coefficient (Wildman–Crippen LogP) is 5.04. The molecule has 4 rings (SSSR count). The standard InChI is InChI=1S/C31H37F3N6O4/c1-7-44-29-23(9-8-14-35-29)25(18-41)38(5)15-16-39(19(2)3)30(42)24-17-36-40-27(31(32,33)34)20(4)26(37-28(24)40)21-10-12-22(43-6)13-11-21/h8-14,17,19,25,41H,7,15-16,18H2,1-6H3. The quantitative estimate of drug-likeness (QED) is 0.237. The van der Waals surface area contributed by atoms with Crippen molar-refractivity contribution in [1.82, 2.24) is 29.4 Å². The Labute approximate surface area is 254 Å². The molecule has 3 heterocycles. The first-order valence-electron chi connectivity index (χ1n) is 14.2. The third kappa shape index (κ3) is 6.63. The van der Waals surface area contributed by atoms with E-state index in [9.17, 15) is 23.1 Å². The lowest BCUT2D eigenvalue weighted by Gasteiger charge is -2.32. The normalized spacial score (nSPS) is 12.6. The highest BCUT2D eigenvalue weighted by Gasteiger charge is 2.39. The maximum Gasteiger partial charge on any atom is 0.433 e. The van der Waals surface area contributed by atoms with Crippen LogP contribution in [0.5, 0.6) is 11.6 Å². The third-order valence-electron chi connectivity index (χ3n) is 7.47. The highest BCUT2D eigenvalue weighted by Crippen LogP contribution is 2.37. The first kappa shape index (κ1) is 32.7. The third-order valence-corrected chi connectivity index (χ3v) is 7.47. The molecule has 0 aliphatic rings. The Kier molecular flexibility index (Phi) is 10.1. The fourth-order valence-electron chi connectivity index (χ4n) is 5.15. The molecule has 0 spiro atoms. The predicted molar refractivity (Wildman–Crippen MR) is 159 cm³/mol. The monoisotopic (exact) mass is 614 g/mol. The number of hydrogen-bond donors (Lipinski definition) is 1. The van der Waals surface area contributed by atoms with Crippen LogP contribution >= 0.6 is 0 Å². The number of rotatable bonds is 12. The van der Waals surface area contributed by atoms with Crippen LogP contribution in [0.2, 0.25) is 0 Å². The van der Waals surface area contributed by atoms with Crippen LogP contribution in [0.4, 0.5) is 13.2 Å². The van der Waals surface area contributed by atoms with Crippen molar-refractivity contribution in [3.8, 4) is 22.9 Å². The van der Waals surface area contributed by atoms with E-state index in [0.717, 1.165) is 6.20 Å². The lowest BCUT2D eigenvalue weighted by molar-refractivity contribution is -0.143. The fourth-order valence-corrected chi connectivity index (χ4v) is 5.15. The molecule has 3 aromatic heterocycles. The summed E-state index contributed by atoms with van der Waals surface area (Å²) >= 11 is 0. The summed E-state index contributed by atoms with van der Waals surface area (Å²) in [7, 11) is 3.30. The van der Waals surface area contributed by atoms with Gasteiger partial charge < -0.3 is 19.5 Å². The second-order valence-corrected chi connectivity index (χ2v) is 10.6. The molecule has 0 bridgehead atoms. The summed E-state index contributed by atoms with van der Waals surface area (Å²) in [6.07, 6.45) is -2.01. The van der Waals surface area contributed by atoms with Crippen molar-refractivity contribution in [3.63, 3.8) is 0 Å². The van der Waals surface area contributed by atoms with Gasteiger partial charge in [0, 0.05) is 42.0 Å². The molecule has 4 aromatic rings. The van der Waals surface area contributed by atoms with E-state index < -0.39 is 23.8 Å². The zero-order valence-corrected chi connectivity index (χ0v) is 25.6. The van der Waals surface area contributed by atoms with Gasteiger partial charge in [-0.2, -0.15) is 18.3 Å². The Morgan fingerprint density at radius 3 is 2.43 bits per heavy atom. The van der Waals surface area contributed by atoms with Gasteiger partial charge in [-0.15, -0.1) is 0 Å². The Morgan fingerprint density at radius 1 is 1.14 bits per heavy atom. The van der Waals surface area contributed by atoms with E-state index in [-0.39, 0.29) is 41.7 Å². The maximum atomic E-state index is 14.4. The van der Waals surface area contributed by atoms with E-state index in [1.807, 2.05) is 38.8 Å². The average Bonchev–Trinajstić information content (AvgIpc) is 3.40. The number of ether oxygens (including phenoxy) is 2. The van der Waals surface area contributed by atoms with Crippen LogP contribution in [0.3, 0.4) is 0 Å². The number of amides is 1. The number of aromatic nitrogens is 4. The van der Waals surface area contributed by atoms with Crippen molar-refractivity contribution in [3.05, 3.63) is 71.2 Å². The molecule has 1 atom stereocenters. The molecule has 1 unspecified atom stereocenters. The molecule has 0 fully saturated rings. The van der Waals surface area contributed by atoms with Crippen LogP contribution < -0.4 is 9.47 Å². The number of hydrogen-bond acceptors (Lipinski definition) is 8. The molecule has 0 radical (unpaired) electrons. The van der Waals surface area contributed by atoms with E-state index >= 15 is 0 Å². The smallest absolute Gasteiger partial charge is 0.433 e. The highest BCUT2D eigenvalue weighted by molar-refractivity contribution is 6.00. The van der Waals surface area contributed by atoms with Crippen LogP contribution in [0.1, 0.15) is 54.0 Å². The van der Waals surface area contributed by atoms with Crippen molar-refractivity contribution >= 4 is 11.6 Å². The molecule has 0 aliphatic carbocycles. The lowest BCUT2D eigenvalue weighted by Crippen LogP contribution is -2.43. The fraction of sp³-hybridized carbons (Fsp3) is 0.419. The zero-order chi connectivity index (χ0) is 32.2. The van der Waals surface area contributed by atoms with Gasteiger partial charge in [0.05, 0.1) is 38.3 Å². The van der Waals surface area contributed by atoms with E-state index in [1.54, 1.807) is 41.4 Å². The molecule has 1 aromatic carbocycles. The largest absolute Gasteiger partial charge is 0.497 e. The van der Waals surface area contributed by atoms with Crippen LogP contribution in [0, 0.1) is 6.92 Å². The molecule has 236 valence electrons. The molecular formula is C31H37F3N6O4. The average molecular weight is 615 g/mol. The number of methoxy groups -OCH3 is 1. The summed E-state index contributed by atoms with van der Waals surface area (Å²) in [5.41, 5.74) is -0.129. The summed E-state index contributed by atoms with van der Waals surface area (Å²) in [5.74, 6) is 0.450. The number of alkyl halides is 3. The van der Waals surface area contributed by atoms with Gasteiger partial charge in [0.25, 0.3) is 5.91 Å². The summed E-state index contributed by atoms with van der Waals surface area (Å²) in [4.78, 5) is 26.2. The van der Waals surface area contributed by atoms with Gasteiger partial charge in [-0.3, -0.25) is 9.69 Å². The lowest BCUT2D eigenvalue weighted by atomic mass is 10.0. The molecule has 0 aliphatic heterocycles. The van der Waals surface area contributed by atoms with Gasteiger partial charge in [0.2, 0.25) is 5.88 Å². The second kappa shape index (κ2) is 13.6. The Balaban J connectivity index is 1.69. The SMILES string of the molecule is CCOc1ncccc1C(CO)N(C)CCN(C(=O)c1cnn2c(C(F)(F)F)c(C)c(-c3ccc(OC)cc3)nc12)C(C)C. The first-order valence-corrected chi connectivity index (χ1v) is 14.2. The number of halogens is 3. The molecule has 0 saturated carbocycles. The Morgan fingerprint density at radius 2 is 1.84 bits per heavy atom. The van der Waals surface area contributed by atoms with Gasteiger partial charge in [-0.25, -0.2) is 14.5 Å². The number of benzene rings is 1. The van der Waals surface area contributed by atoms with Crippen molar-refractivity contribution in [2.45, 2.75) is 46.0 Å². The molecule has 44 heavy (non-hydrogen) atoms. The number of fused-ring (bicyclic) bond motifs is 1. The van der Waals surface area contributed by atoms with Crippen molar-refractivity contribution in [2.75, 3.05) is 40.5 Å². The molecule has 1 amide bonds. The number of carbonyl (C=O) groups is 1. The van der Waals surface area contributed by atoms with E-state index in [0.29, 0.717) is 40.4 Å². The van der Waals surface area contributed by atoms with Crippen LogP contribution in [0.25, 0.3) is 16.9 Å². The summed E-state index contributed by atoms with van der Waals surface area (Å²) in [6.45, 7) is 7.57. The Hall–Kier alpha value is -4.23. The second-order valence-electron chi connectivity index (χ2n) is 10.6. The molecule has 13 heteroatoms. The molecule has 1 N–H and O–H groups in total. The first-order chi connectivity index (χ1) is 20.9. The Bertz CT molecular complexity index is 1590. The van der Waals surface area contributed by atoms with Gasteiger partial charge in [-0.1, -0.05) is 6.07 Å². The minimum atomic E-state index is -4.76. The minimum Gasteiger partial charge on any atom is -0.497 e. The van der Waals surface area contributed by atoms with E-state index in [4.69, 9.17) is 9.47 Å². The van der Waals surface area contributed by atoms with Gasteiger partial charge in [-0.05, 0) is 65.1 Å². The number of likely N-dealkylation sites (N-methyl/N-ethyl adjacent to an activating group) is 1. The van der Waals surface area contributed by atoms with Gasteiger partial charge in [0.1, 0.15) is 11.3 Å². The molecular weight excluding hydrogens is 577 g/mol. The van der Waals surface area contributed by atoms with Crippen molar-refractivity contribution in [1.29, 1.82) is 0 Å². The number of aliphatic hydroxyl groups is 1. The van der Waals surface area contributed by atoms with Crippen molar-refractivity contribution in [2.24, 2.45) is 0 Å². The maximum absolute atomic E-state index is 14.4. The number of pyridine rings is 1. The minimum absolute atomic E-state index is 0.0498. The van der Waals surface area contributed by atoms with E-state index in [2.05, 4.69) is 15.1 Å². The summed E-state index contributed by atoms with van der Waals surface area (Å²) in [5, 5.41) is 14.2. The van der Waals surface area contributed by atoms with Gasteiger partial charge in [0.15, 0.2) is 11.3 Å². The topological polar surface area (TPSA) is 105 Å². The zero-order valence-electron chi connectivity index (χ0n) is 25.6. The van der Waals surface area contributed by atoms with Crippen LogP contribution in [0.15, 0.2) is 48.8 Å². The van der Waals surface area contributed by atoms with Crippen LogP contribution in [-0.4, -0.2) is 86.9 Å².